The Hall–Kier alpha value is -2.82. The van der Waals surface area contributed by atoms with Crippen LogP contribution in [-0.4, -0.2) is 28.6 Å². The van der Waals surface area contributed by atoms with E-state index in [-0.39, 0.29) is 5.91 Å². The molecule has 1 amide bonds. The summed E-state index contributed by atoms with van der Waals surface area (Å²) in [4.78, 5) is 16.5. The summed E-state index contributed by atoms with van der Waals surface area (Å²) in [6.45, 7) is 4.00. The molecule has 3 rings (SSSR count). The quantitative estimate of drug-likeness (QED) is 0.679. The molecule has 0 saturated carbocycles. The molecule has 5 nitrogen and oxygen atoms in total. The summed E-state index contributed by atoms with van der Waals surface area (Å²) in [6.07, 6.45) is 4.68. The van der Waals surface area contributed by atoms with Crippen LogP contribution in [0.25, 0.3) is 11.0 Å². The van der Waals surface area contributed by atoms with Gasteiger partial charge in [-0.05, 0) is 55.8 Å². The number of nitrogens with one attached hydrogen (secondary N) is 1. The third kappa shape index (κ3) is 3.74. The SMILES string of the molecule is CCOc1ccc(C(=O)NCCCn2ccc3cccnc32)cc1. The van der Waals surface area contributed by atoms with Gasteiger partial charge in [-0.1, -0.05) is 0 Å². The Morgan fingerprint density at radius 1 is 1.21 bits per heavy atom. The van der Waals surface area contributed by atoms with Gasteiger partial charge in [-0.15, -0.1) is 0 Å². The summed E-state index contributed by atoms with van der Waals surface area (Å²) >= 11 is 0. The number of carbonyl (C=O) groups is 1. The Morgan fingerprint density at radius 3 is 2.83 bits per heavy atom. The lowest BCUT2D eigenvalue weighted by Gasteiger charge is -2.08. The second kappa shape index (κ2) is 7.64. The van der Waals surface area contributed by atoms with Gasteiger partial charge in [0, 0.05) is 36.4 Å². The molecular formula is C19H21N3O2. The molecule has 0 aliphatic rings. The van der Waals surface area contributed by atoms with E-state index in [9.17, 15) is 4.79 Å². The van der Waals surface area contributed by atoms with E-state index in [1.54, 1.807) is 18.3 Å². The highest BCUT2D eigenvalue weighted by Gasteiger charge is 2.05. The van der Waals surface area contributed by atoms with Gasteiger partial charge < -0.3 is 14.6 Å². The number of benzene rings is 1. The predicted molar refractivity (Wildman–Crippen MR) is 94.3 cm³/mol. The van der Waals surface area contributed by atoms with Crippen LogP contribution < -0.4 is 10.1 Å². The topological polar surface area (TPSA) is 56.1 Å². The molecule has 2 aromatic heterocycles. The van der Waals surface area contributed by atoms with Crippen LogP contribution in [0.4, 0.5) is 0 Å². The highest BCUT2D eigenvalue weighted by atomic mass is 16.5. The van der Waals surface area contributed by atoms with Gasteiger partial charge in [0.05, 0.1) is 6.61 Å². The second-order valence-electron chi connectivity index (χ2n) is 5.49. The van der Waals surface area contributed by atoms with E-state index in [0.29, 0.717) is 18.7 Å². The van der Waals surface area contributed by atoms with E-state index in [1.807, 2.05) is 37.4 Å². The lowest BCUT2D eigenvalue weighted by atomic mass is 10.2. The van der Waals surface area contributed by atoms with Crippen molar-refractivity contribution >= 4 is 16.9 Å². The van der Waals surface area contributed by atoms with Gasteiger partial charge in [-0.3, -0.25) is 4.79 Å². The summed E-state index contributed by atoms with van der Waals surface area (Å²) in [5.41, 5.74) is 1.63. The molecule has 1 N–H and O–H groups in total. The first-order valence-electron chi connectivity index (χ1n) is 8.19. The molecule has 0 atom stereocenters. The van der Waals surface area contributed by atoms with E-state index >= 15 is 0 Å². The average molecular weight is 323 g/mol. The zero-order valence-electron chi connectivity index (χ0n) is 13.7. The van der Waals surface area contributed by atoms with Crippen molar-refractivity contribution in [3.8, 4) is 5.75 Å². The molecule has 124 valence electrons. The van der Waals surface area contributed by atoms with Gasteiger partial charge in [0.2, 0.25) is 0 Å². The number of hydrogen-bond donors (Lipinski definition) is 1. The van der Waals surface area contributed by atoms with E-state index in [0.717, 1.165) is 29.7 Å². The minimum Gasteiger partial charge on any atom is -0.494 e. The molecule has 3 aromatic rings. The van der Waals surface area contributed by atoms with E-state index in [1.165, 1.54) is 0 Å². The number of ether oxygens (including phenoxy) is 1. The molecule has 0 bridgehead atoms. The van der Waals surface area contributed by atoms with Crippen LogP contribution in [0.15, 0.2) is 54.9 Å². The van der Waals surface area contributed by atoms with Crippen molar-refractivity contribution in [3.05, 3.63) is 60.4 Å². The number of rotatable bonds is 7. The maximum absolute atomic E-state index is 12.1. The minimum absolute atomic E-state index is 0.0615. The number of fused-ring (bicyclic) bond motifs is 1. The van der Waals surface area contributed by atoms with E-state index in [2.05, 4.69) is 20.9 Å². The van der Waals surface area contributed by atoms with Crippen LogP contribution in [0, 0.1) is 0 Å². The van der Waals surface area contributed by atoms with Gasteiger partial charge in [0.15, 0.2) is 0 Å². The summed E-state index contributed by atoms with van der Waals surface area (Å²) in [5.74, 6) is 0.717. The highest BCUT2D eigenvalue weighted by Crippen LogP contribution is 2.13. The standard InChI is InChI=1S/C19H21N3O2/c1-2-24-17-8-6-16(7-9-17)19(23)21-12-4-13-22-14-10-15-5-3-11-20-18(15)22/h3,5-11,14H,2,4,12-13H2,1H3,(H,21,23). The first-order chi connectivity index (χ1) is 11.8. The molecule has 0 fully saturated rings. The summed E-state index contributed by atoms with van der Waals surface area (Å²) < 4.78 is 7.48. The van der Waals surface area contributed by atoms with Crippen molar-refractivity contribution in [2.45, 2.75) is 19.9 Å². The van der Waals surface area contributed by atoms with Crippen LogP contribution in [0.2, 0.25) is 0 Å². The van der Waals surface area contributed by atoms with Gasteiger partial charge in [-0.2, -0.15) is 0 Å². The Kier molecular flexibility index (Phi) is 5.11. The molecule has 0 unspecified atom stereocenters. The monoisotopic (exact) mass is 323 g/mol. The van der Waals surface area contributed by atoms with Crippen LogP contribution in [-0.2, 0) is 6.54 Å². The van der Waals surface area contributed by atoms with Gasteiger partial charge in [0.25, 0.3) is 5.91 Å². The van der Waals surface area contributed by atoms with Gasteiger partial charge >= 0.3 is 0 Å². The lowest BCUT2D eigenvalue weighted by molar-refractivity contribution is 0.0952. The third-order valence-electron chi connectivity index (χ3n) is 3.81. The van der Waals surface area contributed by atoms with Crippen LogP contribution in [0.3, 0.4) is 0 Å². The van der Waals surface area contributed by atoms with Crippen molar-refractivity contribution in [1.29, 1.82) is 0 Å². The number of hydrogen-bond acceptors (Lipinski definition) is 3. The summed E-state index contributed by atoms with van der Waals surface area (Å²) in [6, 6.07) is 13.2. The maximum atomic E-state index is 12.1. The molecule has 0 aliphatic heterocycles. The number of carbonyl (C=O) groups excluding carboxylic acids is 1. The molecular weight excluding hydrogens is 302 g/mol. The van der Waals surface area contributed by atoms with Crippen molar-refractivity contribution in [2.24, 2.45) is 0 Å². The fraction of sp³-hybridized carbons (Fsp3) is 0.263. The van der Waals surface area contributed by atoms with E-state index in [4.69, 9.17) is 4.74 Å². The molecule has 0 aliphatic carbocycles. The number of pyridine rings is 1. The van der Waals surface area contributed by atoms with Crippen LogP contribution >= 0.6 is 0 Å². The lowest BCUT2D eigenvalue weighted by Crippen LogP contribution is -2.25. The Balaban J connectivity index is 1.48. The second-order valence-corrected chi connectivity index (χ2v) is 5.49. The fourth-order valence-electron chi connectivity index (χ4n) is 2.62. The third-order valence-corrected chi connectivity index (χ3v) is 3.81. The normalized spacial score (nSPS) is 10.7. The van der Waals surface area contributed by atoms with Gasteiger partial charge in [-0.25, -0.2) is 4.98 Å². The van der Waals surface area contributed by atoms with Crippen molar-refractivity contribution < 1.29 is 9.53 Å². The van der Waals surface area contributed by atoms with Crippen molar-refractivity contribution in [2.75, 3.05) is 13.2 Å². The summed E-state index contributed by atoms with van der Waals surface area (Å²) in [5, 5.41) is 4.08. The fourth-order valence-corrected chi connectivity index (χ4v) is 2.62. The van der Waals surface area contributed by atoms with Crippen molar-refractivity contribution in [3.63, 3.8) is 0 Å². The Labute approximate surface area is 141 Å². The van der Waals surface area contributed by atoms with Crippen LogP contribution in [0.5, 0.6) is 5.75 Å². The Bertz CT molecular complexity index is 809. The minimum atomic E-state index is -0.0615. The molecule has 0 radical (unpaired) electrons. The number of nitrogens with zero attached hydrogens (tertiary/aromatic N) is 2. The zero-order chi connectivity index (χ0) is 16.8. The smallest absolute Gasteiger partial charge is 0.251 e. The molecule has 24 heavy (non-hydrogen) atoms. The number of aryl methyl sites for hydroxylation is 1. The molecule has 5 heteroatoms. The predicted octanol–water partition coefficient (Wildman–Crippen LogP) is 3.26. The molecule has 0 saturated heterocycles. The first kappa shape index (κ1) is 16.1. The van der Waals surface area contributed by atoms with E-state index < -0.39 is 0 Å². The summed E-state index contributed by atoms with van der Waals surface area (Å²) in [7, 11) is 0. The number of aromatic nitrogens is 2. The molecule has 2 heterocycles. The van der Waals surface area contributed by atoms with Crippen molar-refractivity contribution in [1.82, 2.24) is 14.9 Å². The highest BCUT2D eigenvalue weighted by molar-refractivity contribution is 5.94. The van der Waals surface area contributed by atoms with Gasteiger partial charge in [0.1, 0.15) is 11.4 Å². The maximum Gasteiger partial charge on any atom is 0.251 e. The Morgan fingerprint density at radius 2 is 2.04 bits per heavy atom. The zero-order valence-corrected chi connectivity index (χ0v) is 13.7. The largest absolute Gasteiger partial charge is 0.494 e. The molecule has 1 aromatic carbocycles. The number of amides is 1. The average Bonchev–Trinajstić information content (AvgIpc) is 3.03. The van der Waals surface area contributed by atoms with Crippen LogP contribution in [0.1, 0.15) is 23.7 Å². The molecule has 0 spiro atoms. The first-order valence-corrected chi connectivity index (χ1v) is 8.19.